The summed E-state index contributed by atoms with van der Waals surface area (Å²) in [6.45, 7) is 8.06. The Kier molecular flexibility index (Phi) is 5.38. The molecule has 1 unspecified atom stereocenters. The van der Waals surface area contributed by atoms with Crippen LogP contribution in [0.4, 0.5) is 5.69 Å². The molecule has 1 amide bonds. The van der Waals surface area contributed by atoms with Gasteiger partial charge in [-0.3, -0.25) is 4.79 Å². The van der Waals surface area contributed by atoms with Crippen LogP contribution in [0.25, 0.3) is 0 Å². The van der Waals surface area contributed by atoms with Gasteiger partial charge in [-0.2, -0.15) is 0 Å². The molecule has 17 heavy (non-hydrogen) atoms. The highest BCUT2D eigenvalue weighted by molar-refractivity contribution is 9.11. The fraction of sp³-hybridized carbons (Fsp3) is 0.308. The Morgan fingerprint density at radius 1 is 1.53 bits per heavy atom. The number of anilines is 1. The van der Waals surface area contributed by atoms with E-state index >= 15 is 0 Å². The third-order valence-electron chi connectivity index (χ3n) is 2.31. The summed E-state index contributed by atoms with van der Waals surface area (Å²) in [6.07, 6.45) is 0. The molecule has 0 aliphatic rings. The molecule has 2 N–H and O–H groups in total. The number of hydrogen-bond donors (Lipinski definition) is 2. The molecule has 3 nitrogen and oxygen atoms in total. The zero-order valence-electron chi connectivity index (χ0n) is 10.1. The lowest BCUT2D eigenvalue weighted by Gasteiger charge is -2.15. The summed E-state index contributed by atoms with van der Waals surface area (Å²) < 4.78 is 0.919. The van der Waals surface area contributed by atoms with Crippen LogP contribution in [0.1, 0.15) is 25.5 Å². The van der Waals surface area contributed by atoms with E-state index in [0.717, 1.165) is 15.7 Å². The fourth-order valence-electron chi connectivity index (χ4n) is 1.47. The van der Waals surface area contributed by atoms with Crippen molar-refractivity contribution in [2.45, 2.75) is 19.9 Å². The van der Waals surface area contributed by atoms with Gasteiger partial charge in [0.05, 0.1) is 0 Å². The van der Waals surface area contributed by atoms with Crippen molar-refractivity contribution < 1.29 is 4.79 Å². The average Bonchev–Trinajstić information content (AvgIpc) is 2.25. The third kappa shape index (κ3) is 5.15. The number of nitrogens with one attached hydrogen (secondary N) is 2. The van der Waals surface area contributed by atoms with Crippen molar-refractivity contribution in [3.63, 3.8) is 0 Å². The maximum atomic E-state index is 11.0. The summed E-state index contributed by atoms with van der Waals surface area (Å²) in [5, 5.41) is 6.09. The largest absolute Gasteiger partial charge is 0.326 e. The number of hydrogen-bond acceptors (Lipinski definition) is 2. The van der Waals surface area contributed by atoms with Gasteiger partial charge in [0, 0.05) is 29.7 Å². The van der Waals surface area contributed by atoms with Crippen LogP contribution in [0.5, 0.6) is 0 Å². The highest BCUT2D eigenvalue weighted by Gasteiger charge is 2.05. The van der Waals surface area contributed by atoms with Gasteiger partial charge in [-0.05, 0) is 24.6 Å². The van der Waals surface area contributed by atoms with Crippen molar-refractivity contribution >= 4 is 27.5 Å². The van der Waals surface area contributed by atoms with Crippen molar-refractivity contribution in [3.05, 3.63) is 40.9 Å². The van der Waals surface area contributed by atoms with E-state index in [-0.39, 0.29) is 11.9 Å². The van der Waals surface area contributed by atoms with Gasteiger partial charge in [0.1, 0.15) is 0 Å². The van der Waals surface area contributed by atoms with Gasteiger partial charge < -0.3 is 10.6 Å². The summed E-state index contributed by atoms with van der Waals surface area (Å²) >= 11 is 3.31. The Morgan fingerprint density at radius 3 is 2.82 bits per heavy atom. The Morgan fingerprint density at radius 2 is 2.24 bits per heavy atom. The summed E-state index contributed by atoms with van der Waals surface area (Å²) in [5.74, 6) is -0.0587. The van der Waals surface area contributed by atoms with Crippen LogP contribution in [-0.4, -0.2) is 12.5 Å². The van der Waals surface area contributed by atoms with Crippen LogP contribution in [0.3, 0.4) is 0 Å². The second-order valence-corrected chi connectivity index (χ2v) is 5.05. The van der Waals surface area contributed by atoms with Crippen LogP contribution >= 0.6 is 15.9 Å². The van der Waals surface area contributed by atoms with Crippen molar-refractivity contribution in [1.29, 1.82) is 0 Å². The molecule has 0 heterocycles. The molecule has 1 aromatic rings. The predicted octanol–water partition coefficient (Wildman–Crippen LogP) is 3.20. The Balaban J connectivity index is 2.69. The molecule has 0 aliphatic heterocycles. The molecule has 0 saturated carbocycles. The summed E-state index contributed by atoms with van der Waals surface area (Å²) in [5.41, 5.74) is 1.95. The molecule has 0 spiro atoms. The number of rotatable bonds is 5. The van der Waals surface area contributed by atoms with E-state index in [0.29, 0.717) is 6.54 Å². The SMILES string of the molecule is C=C(Br)CNC(C)c1cccc(NC(C)=O)c1. The first-order valence-corrected chi connectivity index (χ1v) is 6.22. The first-order chi connectivity index (χ1) is 7.99. The van der Waals surface area contributed by atoms with Gasteiger partial charge in [0.2, 0.25) is 5.91 Å². The van der Waals surface area contributed by atoms with Crippen LogP contribution in [0.15, 0.2) is 35.3 Å². The number of halogens is 1. The molecule has 0 radical (unpaired) electrons. The Bertz CT molecular complexity index is 418. The van der Waals surface area contributed by atoms with Gasteiger partial charge >= 0.3 is 0 Å². The second kappa shape index (κ2) is 6.57. The molecular formula is C13H17BrN2O. The van der Waals surface area contributed by atoms with E-state index in [1.54, 1.807) is 0 Å². The highest BCUT2D eigenvalue weighted by Crippen LogP contribution is 2.17. The summed E-state index contributed by atoms with van der Waals surface area (Å²) in [4.78, 5) is 11.0. The summed E-state index contributed by atoms with van der Waals surface area (Å²) in [6, 6.07) is 8.01. The first-order valence-electron chi connectivity index (χ1n) is 5.43. The molecule has 0 bridgehead atoms. The lowest BCUT2D eigenvalue weighted by molar-refractivity contribution is -0.114. The maximum absolute atomic E-state index is 11.0. The van der Waals surface area contributed by atoms with E-state index < -0.39 is 0 Å². The van der Waals surface area contributed by atoms with Crippen LogP contribution in [-0.2, 0) is 4.79 Å². The first kappa shape index (κ1) is 13.9. The molecule has 92 valence electrons. The van der Waals surface area contributed by atoms with Crippen LogP contribution in [0.2, 0.25) is 0 Å². The molecule has 4 heteroatoms. The lowest BCUT2D eigenvalue weighted by atomic mass is 10.1. The minimum atomic E-state index is -0.0587. The van der Waals surface area contributed by atoms with Gasteiger partial charge in [0.25, 0.3) is 0 Å². The van der Waals surface area contributed by atoms with Crippen molar-refractivity contribution in [1.82, 2.24) is 5.32 Å². The fourth-order valence-corrected chi connectivity index (χ4v) is 1.63. The van der Waals surface area contributed by atoms with Crippen LogP contribution < -0.4 is 10.6 Å². The van der Waals surface area contributed by atoms with Crippen molar-refractivity contribution in [3.8, 4) is 0 Å². The van der Waals surface area contributed by atoms with Gasteiger partial charge in [0.15, 0.2) is 0 Å². The second-order valence-electron chi connectivity index (χ2n) is 3.93. The molecule has 1 rings (SSSR count). The van der Waals surface area contributed by atoms with Crippen LogP contribution in [0, 0.1) is 0 Å². The molecule has 1 aromatic carbocycles. The van der Waals surface area contributed by atoms with E-state index in [1.807, 2.05) is 24.3 Å². The molecule has 1 atom stereocenters. The van der Waals surface area contributed by atoms with E-state index in [4.69, 9.17) is 0 Å². The molecular weight excluding hydrogens is 280 g/mol. The van der Waals surface area contributed by atoms with Gasteiger partial charge in [-0.15, -0.1) is 0 Å². The van der Waals surface area contributed by atoms with E-state index in [9.17, 15) is 4.79 Å². The maximum Gasteiger partial charge on any atom is 0.221 e. The zero-order valence-corrected chi connectivity index (χ0v) is 11.7. The van der Waals surface area contributed by atoms with E-state index in [1.165, 1.54) is 6.92 Å². The smallest absolute Gasteiger partial charge is 0.221 e. The van der Waals surface area contributed by atoms with Gasteiger partial charge in [-0.25, -0.2) is 0 Å². The van der Waals surface area contributed by atoms with E-state index in [2.05, 4.69) is 40.1 Å². The standard InChI is InChI=1S/C13H17BrN2O/c1-9(14)8-15-10(2)12-5-4-6-13(7-12)16-11(3)17/h4-7,10,15H,1,8H2,2-3H3,(H,16,17). The third-order valence-corrected chi connectivity index (χ3v) is 2.59. The zero-order chi connectivity index (χ0) is 12.8. The lowest BCUT2D eigenvalue weighted by Crippen LogP contribution is -2.19. The minimum absolute atomic E-state index is 0.0587. The quantitative estimate of drug-likeness (QED) is 0.876. The predicted molar refractivity (Wildman–Crippen MR) is 75.2 cm³/mol. The number of benzene rings is 1. The number of amides is 1. The van der Waals surface area contributed by atoms with Gasteiger partial charge in [-0.1, -0.05) is 34.6 Å². The van der Waals surface area contributed by atoms with Crippen molar-refractivity contribution in [2.75, 3.05) is 11.9 Å². The average molecular weight is 297 g/mol. The highest BCUT2D eigenvalue weighted by atomic mass is 79.9. The topological polar surface area (TPSA) is 41.1 Å². The summed E-state index contributed by atoms with van der Waals surface area (Å²) in [7, 11) is 0. The Hall–Kier alpha value is -1.13. The Labute approximate surface area is 110 Å². The minimum Gasteiger partial charge on any atom is -0.326 e. The monoisotopic (exact) mass is 296 g/mol. The normalized spacial score (nSPS) is 11.9. The number of carbonyl (C=O) groups excluding carboxylic acids is 1. The molecule has 0 saturated heterocycles. The molecule has 0 aromatic heterocycles. The van der Waals surface area contributed by atoms with Crippen molar-refractivity contribution in [2.24, 2.45) is 0 Å². The molecule has 0 fully saturated rings. The number of carbonyl (C=O) groups is 1. The molecule has 0 aliphatic carbocycles.